The summed E-state index contributed by atoms with van der Waals surface area (Å²) in [5.74, 6) is -0.0276. The zero-order valence-corrected chi connectivity index (χ0v) is 5.23. The summed E-state index contributed by atoms with van der Waals surface area (Å²) in [6, 6.07) is 0. The summed E-state index contributed by atoms with van der Waals surface area (Å²) in [5.41, 5.74) is 0. The van der Waals surface area contributed by atoms with E-state index in [1.165, 1.54) is 0 Å². The Labute approximate surface area is 48.9 Å². The summed E-state index contributed by atoms with van der Waals surface area (Å²) in [6.45, 7) is 3.52. The van der Waals surface area contributed by atoms with Crippen molar-refractivity contribution >= 4 is 6.29 Å². The maximum absolute atomic E-state index is 12.3. The Kier molecular flexibility index (Phi) is 3.40. The minimum absolute atomic E-state index is 0.0276. The van der Waals surface area contributed by atoms with Gasteiger partial charge in [-0.25, -0.2) is 4.39 Å². The monoisotopic (exact) mass is 118 g/mol. The van der Waals surface area contributed by atoms with Gasteiger partial charge in [0.05, 0.1) is 0 Å². The van der Waals surface area contributed by atoms with E-state index in [1.807, 2.05) is 0 Å². The number of carbonyl (C=O) groups is 1. The van der Waals surface area contributed by atoms with E-state index in [-0.39, 0.29) is 12.3 Å². The van der Waals surface area contributed by atoms with Gasteiger partial charge in [-0.1, -0.05) is 13.8 Å². The van der Waals surface area contributed by atoms with Crippen LogP contribution in [0.1, 0.15) is 20.3 Å². The third-order valence-electron chi connectivity index (χ3n) is 1.04. The molecular formula is C6H11FO. The molecule has 2 heteroatoms. The van der Waals surface area contributed by atoms with Crippen LogP contribution in [0.2, 0.25) is 0 Å². The molecule has 0 aliphatic rings. The number of hydrogen-bond donors (Lipinski definition) is 0. The zero-order chi connectivity index (χ0) is 6.57. The second-order valence-electron chi connectivity index (χ2n) is 2.16. The highest BCUT2D eigenvalue weighted by atomic mass is 19.1. The molecule has 0 rings (SSSR count). The van der Waals surface area contributed by atoms with Crippen molar-refractivity contribution in [3.8, 4) is 0 Å². The highest BCUT2D eigenvalue weighted by molar-refractivity contribution is 5.50. The van der Waals surface area contributed by atoms with Gasteiger partial charge in [0.1, 0.15) is 12.5 Å². The van der Waals surface area contributed by atoms with Crippen molar-refractivity contribution in [1.29, 1.82) is 0 Å². The highest BCUT2D eigenvalue weighted by Gasteiger charge is 2.08. The number of rotatable bonds is 3. The molecule has 8 heavy (non-hydrogen) atoms. The largest absolute Gasteiger partial charge is 0.303 e. The van der Waals surface area contributed by atoms with Crippen molar-refractivity contribution < 1.29 is 9.18 Å². The second-order valence-corrected chi connectivity index (χ2v) is 2.16. The van der Waals surface area contributed by atoms with Crippen LogP contribution in [0.15, 0.2) is 0 Å². The van der Waals surface area contributed by atoms with Crippen molar-refractivity contribution in [2.24, 2.45) is 5.92 Å². The predicted molar refractivity (Wildman–Crippen MR) is 30.4 cm³/mol. The Morgan fingerprint density at radius 2 is 2.12 bits per heavy atom. The van der Waals surface area contributed by atoms with Crippen LogP contribution in [-0.4, -0.2) is 12.5 Å². The van der Waals surface area contributed by atoms with Crippen molar-refractivity contribution in [2.45, 2.75) is 26.4 Å². The van der Waals surface area contributed by atoms with Gasteiger partial charge in [-0.2, -0.15) is 0 Å². The smallest absolute Gasteiger partial charge is 0.122 e. The summed E-state index contributed by atoms with van der Waals surface area (Å²) in [6.07, 6.45) is -0.296. The normalized spacial score (nSPS) is 14.0. The van der Waals surface area contributed by atoms with Gasteiger partial charge >= 0.3 is 0 Å². The van der Waals surface area contributed by atoms with Crippen LogP contribution in [0.4, 0.5) is 4.39 Å². The number of aldehydes is 1. The first-order valence-corrected chi connectivity index (χ1v) is 2.76. The van der Waals surface area contributed by atoms with Gasteiger partial charge in [-0.15, -0.1) is 0 Å². The van der Waals surface area contributed by atoms with E-state index in [2.05, 4.69) is 0 Å². The van der Waals surface area contributed by atoms with E-state index in [4.69, 9.17) is 0 Å². The standard InChI is InChI=1S/C6H11FO/c1-5(2)6(7)3-4-8/h4-6H,3H2,1-2H3. The molecule has 1 nitrogen and oxygen atoms in total. The lowest BCUT2D eigenvalue weighted by molar-refractivity contribution is -0.109. The summed E-state index contributed by atoms with van der Waals surface area (Å²) < 4.78 is 12.3. The molecule has 0 radical (unpaired) electrons. The van der Waals surface area contributed by atoms with Crippen LogP contribution in [-0.2, 0) is 4.79 Å². The number of halogens is 1. The topological polar surface area (TPSA) is 17.1 Å². The summed E-state index contributed by atoms with van der Waals surface area (Å²) in [7, 11) is 0. The molecule has 1 atom stereocenters. The summed E-state index contributed by atoms with van der Waals surface area (Å²) in [4.78, 5) is 9.68. The fourth-order valence-corrected chi connectivity index (χ4v) is 0.364. The number of hydrogen-bond acceptors (Lipinski definition) is 1. The molecule has 0 aliphatic carbocycles. The molecule has 0 aliphatic heterocycles. The molecule has 0 saturated heterocycles. The molecular weight excluding hydrogens is 107 g/mol. The molecule has 0 heterocycles. The molecule has 0 amide bonds. The second kappa shape index (κ2) is 3.58. The number of carbonyl (C=O) groups excluding carboxylic acids is 1. The first kappa shape index (κ1) is 7.60. The molecule has 0 fully saturated rings. The van der Waals surface area contributed by atoms with Crippen molar-refractivity contribution in [2.75, 3.05) is 0 Å². The van der Waals surface area contributed by atoms with Crippen LogP contribution in [0.5, 0.6) is 0 Å². The predicted octanol–water partition coefficient (Wildman–Crippen LogP) is 1.57. The fraction of sp³-hybridized carbons (Fsp3) is 0.833. The van der Waals surface area contributed by atoms with E-state index in [9.17, 15) is 9.18 Å². The summed E-state index contributed by atoms with van der Waals surface area (Å²) in [5, 5.41) is 0. The third-order valence-corrected chi connectivity index (χ3v) is 1.04. The Balaban J connectivity index is 3.30. The fourth-order valence-electron chi connectivity index (χ4n) is 0.364. The quantitative estimate of drug-likeness (QED) is 0.514. The molecule has 0 aromatic heterocycles. The van der Waals surface area contributed by atoms with Gasteiger partial charge in [0.25, 0.3) is 0 Å². The Hall–Kier alpha value is -0.400. The molecule has 0 N–H and O–H groups in total. The van der Waals surface area contributed by atoms with Gasteiger partial charge in [0, 0.05) is 6.42 Å². The lowest BCUT2D eigenvalue weighted by Crippen LogP contribution is -2.08. The molecule has 0 saturated carbocycles. The van der Waals surface area contributed by atoms with Gasteiger partial charge in [0.2, 0.25) is 0 Å². The molecule has 0 aromatic carbocycles. The lowest BCUT2D eigenvalue weighted by atomic mass is 10.1. The van der Waals surface area contributed by atoms with Crippen molar-refractivity contribution in [3.05, 3.63) is 0 Å². The molecule has 1 unspecified atom stereocenters. The van der Waals surface area contributed by atoms with Gasteiger partial charge in [0.15, 0.2) is 0 Å². The molecule has 0 bridgehead atoms. The van der Waals surface area contributed by atoms with E-state index in [0.29, 0.717) is 6.29 Å². The van der Waals surface area contributed by atoms with Gasteiger partial charge in [-0.3, -0.25) is 0 Å². The van der Waals surface area contributed by atoms with E-state index < -0.39 is 6.17 Å². The first-order valence-electron chi connectivity index (χ1n) is 2.76. The van der Waals surface area contributed by atoms with Gasteiger partial charge in [-0.05, 0) is 5.92 Å². The van der Waals surface area contributed by atoms with Crippen LogP contribution < -0.4 is 0 Å². The maximum atomic E-state index is 12.3. The van der Waals surface area contributed by atoms with Crippen LogP contribution in [0.25, 0.3) is 0 Å². The van der Waals surface area contributed by atoms with E-state index in [1.54, 1.807) is 13.8 Å². The minimum atomic E-state index is -0.951. The van der Waals surface area contributed by atoms with Crippen LogP contribution in [0, 0.1) is 5.92 Å². The minimum Gasteiger partial charge on any atom is -0.303 e. The first-order chi connectivity index (χ1) is 3.68. The lowest BCUT2D eigenvalue weighted by Gasteiger charge is -2.05. The highest BCUT2D eigenvalue weighted by Crippen LogP contribution is 2.07. The molecule has 0 aromatic rings. The molecule has 48 valence electrons. The van der Waals surface area contributed by atoms with Crippen LogP contribution >= 0.6 is 0 Å². The van der Waals surface area contributed by atoms with Crippen LogP contribution in [0.3, 0.4) is 0 Å². The van der Waals surface area contributed by atoms with E-state index in [0.717, 1.165) is 0 Å². The SMILES string of the molecule is CC(C)C(F)CC=O. The van der Waals surface area contributed by atoms with Crippen molar-refractivity contribution in [3.63, 3.8) is 0 Å². The zero-order valence-electron chi connectivity index (χ0n) is 5.23. The average molecular weight is 118 g/mol. The Morgan fingerprint density at radius 3 is 2.25 bits per heavy atom. The average Bonchev–Trinajstić information content (AvgIpc) is 1.67. The molecule has 0 spiro atoms. The van der Waals surface area contributed by atoms with E-state index >= 15 is 0 Å². The Bertz CT molecular complexity index is 70.9. The third kappa shape index (κ3) is 2.72. The number of alkyl halides is 1. The van der Waals surface area contributed by atoms with Crippen molar-refractivity contribution in [1.82, 2.24) is 0 Å². The van der Waals surface area contributed by atoms with Gasteiger partial charge < -0.3 is 4.79 Å². The summed E-state index contributed by atoms with van der Waals surface area (Å²) >= 11 is 0. The maximum Gasteiger partial charge on any atom is 0.122 e. The Morgan fingerprint density at radius 1 is 1.62 bits per heavy atom.